The average molecular weight is 252 g/mol. The van der Waals surface area contributed by atoms with E-state index >= 15 is 0 Å². The van der Waals surface area contributed by atoms with Crippen LogP contribution in [0.5, 0.6) is 0 Å². The lowest BCUT2D eigenvalue weighted by molar-refractivity contribution is 0.591. The molecule has 1 aromatic rings. The van der Waals surface area contributed by atoms with Gasteiger partial charge in [-0.1, -0.05) is 0 Å². The molecule has 5 heteroatoms. The molecule has 92 valence electrons. The lowest BCUT2D eigenvalue weighted by Crippen LogP contribution is -2.08. The minimum absolute atomic E-state index is 0.0828. The van der Waals surface area contributed by atoms with E-state index in [9.17, 15) is 8.42 Å². The van der Waals surface area contributed by atoms with Crippen LogP contribution in [0.3, 0.4) is 0 Å². The monoisotopic (exact) mass is 252 g/mol. The Balaban J connectivity index is 2.80. The van der Waals surface area contributed by atoms with E-state index in [0.29, 0.717) is 35.4 Å². The van der Waals surface area contributed by atoms with E-state index in [0.717, 1.165) is 0 Å². The molecular weight excluding hydrogens is 236 g/mol. The highest BCUT2D eigenvalue weighted by Crippen LogP contribution is 2.20. The fraction of sp³-hybridized carbons (Fsp3) is 0.417. The number of aryl methyl sites for hydroxylation is 1. The first-order valence-electron chi connectivity index (χ1n) is 5.43. The highest BCUT2D eigenvalue weighted by atomic mass is 32.2. The molecule has 0 unspecified atom stereocenters. The van der Waals surface area contributed by atoms with Crippen molar-refractivity contribution in [3.05, 3.63) is 23.8 Å². The summed E-state index contributed by atoms with van der Waals surface area (Å²) < 4.78 is 24.0. The minimum atomic E-state index is -3.25. The summed E-state index contributed by atoms with van der Waals surface area (Å²) in [6.45, 7) is 1.73. The maximum atomic E-state index is 12.0. The summed E-state index contributed by atoms with van der Waals surface area (Å²) in [6.07, 6.45) is 1.53. The van der Waals surface area contributed by atoms with Gasteiger partial charge in [-0.15, -0.1) is 0 Å². The number of nitrogens with zero attached hydrogens (tertiary/aromatic N) is 1. The highest BCUT2D eigenvalue weighted by molar-refractivity contribution is 7.91. The molecule has 0 saturated heterocycles. The van der Waals surface area contributed by atoms with Gasteiger partial charge in [-0.05, 0) is 43.5 Å². The van der Waals surface area contributed by atoms with Gasteiger partial charge < -0.3 is 5.73 Å². The summed E-state index contributed by atoms with van der Waals surface area (Å²) in [5, 5.41) is 8.37. The molecule has 1 rings (SSSR count). The Morgan fingerprint density at radius 1 is 1.35 bits per heavy atom. The van der Waals surface area contributed by atoms with Crippen LogP contribution in [0.4, 0.5) is 5.69 Å². The number of nitrogen functional groups attached to an aromatic ring is 1. The van der Waals surface area contributed by atoms with E-state index in [2.05, 4.69) is 0 Å². The van der Waals surface area contributed by atoms with E-state index in [4.69, 9.17) is 11.0 Å². The molecule has 4 nitrogen and oxygen atoms in total. The van der Waals surface area contributed by atoms with Gasteiger partial charge in [-0.25, -0.2) is 8.42 Å². The second-order valence-corrected chi connectivity index (χ2v) is 6.04. The predicted octanol–water partition coefficient (Wildman–Crippen LogP) is 2.04. The number of sulfone groups is 1. The van der Waals surface area contributed by atoms with Crippen LogP contribution in [0.15, 0.2) is 23.1 Å². The van der Waals surface area contributed by atoms with Crippen LogP contribution in [-0.2, 0) is 9.84 Å². The third-order valence-electron chi connectivity index (χ3n) is 2.49. The van der Waals surface area contributed by atoms with E-state index in [-0.39, 0.29) is 5.75 Å². The average Bonchev–Trinajstić information content (AvgIpc) is 2.24. The van der Waals surface area contributed by atoms with Crippen LogP contribution in [-0.4, -0.2) is 14.2 Å². The van der Waals surface area contributed by atoms with Crippen molar-refractivity contribution in [3.8, 4) is 6.07 Å². The molecule has 0 heterocycles. The summed E-state index contributed by atoms with van der Waals surface area (Å²) >= 11 is 0. The third-order valence-corrected chi connectivity index (χ3v) is 4.44. The summed E-state index contributed by atoms with van der Waals surface area (Å²) in [5.41, 5.74) is 6.81. The summed E-state index contributed by atoms with van der Waals surface area (Å²) in [6, 6.07) is 6.79. The number of unbranched alkanes of at least 4 members (excludes halogenated alkanes) is 2. The van der Waals surface area contributed by atoms with Crippen molar-refractivity contribution in [2.75, 3.05) is 11.5 Å². The van der Waals surface area contributed by atoms with Crippen molar-refractivity contribution >= 4 is 15.5 Å². The smallest absolute Gasteiger partial charge is 0.178 e. The molecular formula is C12H16N2O2S. The van der Waals surface area contributed by atoms with Crippen LogP contribution in [0.2, 0.25) is 0 Å². The van der Waals surface area contributed by atoms with Gasteiger partial charge in [-0.2, -0.15) is 5.26 Å². The van der Waals surface area contributed by atoms with E-state index in [1.807, 2.05) is 6.07 Å². The number of hydrogen-bond donors (Lipinski definition) is 1. The van der Waals surface area contributed by atoms with E-state index < -0.39 is 9.84 Å². The number of rotatable bonds is 5. The zero-order valence-electron chi connectivity index (χ0n) is 9.81. The van der Waals surface area contributed by atoms with E-state index in [1.54, 1.807) is 25.1 Å². The zero-order valence-corrected chi connectivity index (χ0v) is 10.6. The number of nitriles is 1. The van der Waals surface area contributed by atoms with Gasteiger partial charge in [0.2, 0.25) is 0 Å². The van der Waals surface area contributed by atoms with Crippen LogP contribution in [0.25, 0.3) is 0 Å². The van der Waals surface area contributed by atoms with Crippen LogP contribution in [0.1, 0.15) is 24.8 Å². The highest BCUT2D eigenvalue weighted by Gasteiger charge is 2.16. The largest absolute Gasteiger partial charge is 0.399 e. The third kappa shape index (κ3) is 3.75. The first kappa shape index (κ1) is 13.5. The van der Waals surface area contributed by atoms with Crippen molar-refractivity contribution in [1.29, 1.82) is 5.26 Å². The second kappa shape index (κ2) is 5.69. The topological polar surface area (TPSA) is 84.0 Å². The Morgan fingerprint density at radius 2 is 2.06 bits per heavy atom. The van der Waals surface area contributed by atoms with Crippen molar-refractivity contribution in [2.24, 2.45) is 0 Å². The molecule has 0 aliphatic rings. The summed E-state index contributed by atoms with van der Waals surface area (Å²) in [4.78, 5) is 0.337. The Hall–Kier alpha value is -1.54. The Bertz CT molecular complexity index is 530. The molecule has 17 heavy (non-hydrogen) atoms. The maximum Gasteiger partial charge on any atom is 0.178 e. The minimum Gasteiger partial charge on any atom is -0.399 e. The fourth-order valence-electron chi connectivity index (χ4n) is 1.63. The van der Waals surface area contributed by atoms with Gasteiger partial charge >= 0.3 is 0 Å². The molecule has 0 spiro atoms. The van der Waals surface area contributed by atoms with E-state index in [1.165, 1.54) is 0 Å². The quantitative estimate of drug-likeness (QED) is 0.642. The Kier molecular flexibility index (Phi) is 4.53. The van der Waals surface area contributed by atoms with Crippen molar-refractivity contribution in [1.82, 2.24) is 0 Å². The molecule has 0 fully saturated rings. The molecule has 0 aromatic heterocycles. The molecule has 0 aliphatic heterocycles. The second-order valence-electron chi connectivity index (χ2n) is 3.96. The maximum absolute atomic E-state index is 12.0. The number of anilines is 1. The molecule has 1 aromatic carbocycles. The lowest BCUT2D eigenvalue weighted by Gasteiger charge is -2.07. The lowest BCUT2D eigenvalue weighted by atomic mass is 10.2. The van der Waals surface area contributed by atoms with Crippen molar-refractivity contribution in [2.45, 2.75) is 31.1 Å². The van der Waals surface area contributed by atoms with Crippen LogP contribution in [0, 0.1) is 18.3 Å². The van der Waals surface area contributed by atoms with Gasteiger partial charge in [0, 0.05) is 12.1 Å². The molecule has 0 bridgehead atoms. The van der Waals surface area contributed by atoms with Gasteiger partial charge in [-0.3, -0.25) is 0 Å². The standard InChI is InChI=1S/C12H16N2O2S/c1-10-9-11(14)5-6-12(10)17(15,16)8-4-2-3-7-13/h5-6,9H,2-4,8,14H2,1H3. The molecule has 0 saturated carbocycles. The zero-order chi connectivity index (χ0) is 12.9. The molecule has 2 N–H and O–H groups in total. The predicted molar refractivity (Wildman–Crippen MR) is 67.1 cm³/mol. The van der Waals surface area contributed by atoms with Crippen LogP contribution < -0.4 is 5.73 Å². The first-order chi connectivity index (χ1) is 7.97. The van der Waals surface area contributed by atoms with Gasteiger partial charge in [0.15, 0.2) is 9.84 Å². The Morgan fingerprint density at radius 3 is 2.65 bits per heavy atom. The van der Waals surface area contributed by atoms with Crippen LogP contribution >= 0.6 is 0 Å². The fourth-order valence-corrected chi connectivity index (χ4v) is 3.26. The van der Waals surface area contributed by atoms with Crippen molar-refractivity contribution < 1.29 is 8.42 Å². The molecule has 0 aliphatic carbocycles. The number of hydrogen-bond acceptors (Lipinski definition) is 4. The molecule has 0 radical (unpaired) electrons. The number of benzene rings is 1. The summed E-state index contributed by atoms with van der Waals surface area (Å²) in [7, 11) is -3.25. The van der Waals surface area contributed by atoms with Gasteiger partial charge in [0.05, 0.1) is 16.7 Å². The van der Waals surface area contributed by atoms with Crippen molar-refractivity contribution in [3.63, 3.8) is 0 Å². The Labute approximate surface area is 102 Å². The first-order valence-corrected chi connectivity index (χ1v) is 7.08. The summed E-state index contributed by atoms with van der Waals surface area (Å²) in [5.74, 6) is 0.0828. The number of nitrogens with two attached hydrogens (primary N) is 1. The SMILES string of the molecule is Cc1cc(N)ccc1S(=O)(=O)CCCCC#N. The molecule has 0 atom stereocenters. The van der Waals surface area contributed by atoms with Gasteiger partial charge in [0.1, 0.15) is 0 Å². The normalized spacial score (nSPS) is 11.1. The molecule has 0 amide bonds. The van der Waals surface area contributed by atoms with Gasteiger partial charge in [0.25, 0.3) is 0 Å².